The molecule has 3 rings (SSSR count). The van der Waals surface area contributed by atoms with Gasteiger partial charge in [-0.05, 0) is 43.3 Å². The number of H-pyrrole nitrogens is 1. The van der Waals surface area contributed by atoms with Crippen LogP contribution in [0.3, 0.4) is 0 Å². The van der Waals surface area contributed by atoms with E-state index in [1.165, 1.54) is 25.3 Å². The molecule has 0 atom stereocenters. The highest BCUT2D eigenvalue weighted by atomic mass is 35.5. The summed E-state index contributed by atoms with van der Waals surface area (Å²) in [5.41, 5.74) is 0.383. The first-order chi connectivity index (χ1) is 11.5. The zero-order chi connectivity index (χ0) is 17.3. The van der Waals surface area contributed by atoms with Gasteiger partial charge >= 0.3 is 5.97 Å². The number of rotatable bonds is 3. The standard InChI is InChI=1S/C17H13ClN2O3S/c1-9-3-5-11(24-9)8-13(18)15-19-14-7-10(17(22)23-2)4-6-12(14)16(21)20-15/h3-8H,1-2H3,(H,19,20,21)/b13-8+. The van der Waals surface area contributed by atoms with Gasteiger partial charge in [0.05, 0.1) is 28.6 Å². The largest absolute Gasteiger partial charge is 0.465 e. The van der Waals surface area contributed by atoms with Crippen LogP contribution in [-0.4, -0.2) is 23.0 Å². The number of ether oxygens (including phenoxy) is 1. The van der Waals surface area contributed by atoms with Gasteiger partial charge in [0.2, 0.25) is 0 Å². The van der Waals surface area contributed by atoms with Gasteiger partial charge in [-0.25, -0.2) is 9.78 Å². The van der Waals surface area contributed by atoms with Crippen molar-refractivity contribution < 1.29 is 9.53 Å². The van der Waals surface area contributed by atoms with Crippen LogP contribution in [0, 0.1) is 6.92 Å². The molecule has 3 aromatic rings. The fraction of sp³-hybridized carbons (Fsp3) is 0.118. The maximum atomic E-state index is 12.2. The average molecular weight is 361 g/mol. The van der Waals surface area contributed by atoms with Gasteiger partial charge in [0.1, 0.15) is 0 Å². The molecule has 7 heteroatoms. The molecule has 5 nitrogen and oxygen atoms in total. The van der Waals surface area contributed by atoms with Crippen LogP contribution < -0.4 is 5.56 Å². The van der Waals surface area contributed by atoms with Crippen molar-refractivity contribution in [3.63, 3.8) is 0 Å². The molecule has 122 valence electrons. The van der Waals surface area contributed by atoms with Crippen LogP contribution in [0.25, 0.3) is 22.0 Å². The van der Waals surface area contributed by atoms with E-state index in [2.05, 4.69) is 14.7 Å². The highest BCUT2D eigenvalue weighted by molar-refractivity contribution is 7.12. The molecule has 0 saturated heterocycles. The van der Waals surface area contributed by atoms with E-state index in [9.17, 15) is 9.59 Å². The molecule has 0 fully saturated rings. The molecule has 0 spiro atoms. The predicted octanol–water partition coefficient (Wildman–Crippen LogP) is 3.82. The van der Waals surface area contributed by atoms with E-state index in [1.807, 2.05) is 19.1 Å². The fourth-order valence-electron chi connectivity index (χ4n) is 2.22. The smallest absolute Gasteiger partial charge is 0.337 e. The van der Waals surface area contributed by atoms with E-state index in [1.54, 1.807) is 17.4 Å². The number of nitrogens with one attached hydrogen (secondary N) is 1. The maximum absolute atomic E-state index is 12.2. The summed E-state index contributed by atoms with van der Waals surface area (Å²) in [6, 6.07) is 8.50. The van der Waals surface area contributed by atoms with Crippen LogP contribution in [0.15, 0.2) is 35.1 Å². The van der Waals surface area contributed by atoms with E-state index in [0.717, 1.165) is 9.75 Å². The van der Waals surface area contributed by atoms with Crippen molar-refractivity contribution in [3.8, 4) is 0 Å². The SMILES string of the molecule is COC(=O)c1ccc2c(=O)[nH]c(/C(Cl)=C\c3ccc(C)s3)nc2c1. The van der Waals surface area contributed by atoms with Gasteiger partial charge in [-0.3, -0.25) is 4.79 Å². The zero-order valence-corrected chi connectivity index (χ0v) is 14.5. The van der Waals surface area contributed by atoms with Gasteiger partial charge in [0.15, 0.2) is 5.82 Å². The molecule has 0 saturated carbocycles. The molecule has 1 aromatic carbocycles. The number of esters is 1. The Labute approximate surface area is 146 Å². The quantitative estimate of drug-likeness (QED) is 0.721. The molecule has 0 aliphatic heterocycles. The first kappa shape index (κ1) is 16.4. The third-order valence-electron chi connectivity index (χ3n) is 3.38. The Morgan fingerprint density at radius 2 is 2.12 bits per heavy atom. The number of aromatic nitrogens is 2. The fourth-order valence-corrected chi connectivity index (χ4v) is 3.31. The Balaban J connectivity index is 2.10. The molecule has 24 heavy (non-hydrogen) atoms. The molecule has 0 radical (unpaired) electrons. The lowest BCUT2D eigenvalue weighted by atomic mass is 10.1. The predicted molar refractivity (Wildman–Crippen MR) is 96.5 cm³/mol. The van der Waals surface area contributed by atoms with Crippen LogP contribution in [0.2, 0.25) is 0 Å². The molecule has 0 unspecified atom stereocenters. The van der Waals surface area contributed by atoms with Crippen molar-refractivity contribution in [1.29, 1.82) is 0 Å². The lowest BCUT2D eigenvalue weighted by Crippen LogP contribution is -2.11. The lowest BCUT2D eigenvalue weighted by Gasteiger charge is -2.04. The molecule has 0 aliphatic carbocycles. The van der Waals surface area contributed by atoms with Crippen molar-refractivity contribution in [2.24, 2.45) is 0 Å². The monoisotopic (exact) mass is 360 g/mol. The lowest BCUT2D eigenvalue weighted by molar-refractivity contribution is 0.0601. The Hall–Kier alpha value is -2.44. The highest BCUT2D eigenvalue weighted by Crippen LogP contribution is 2.24. The van der Waals surface area contributed by atoms with Crippen molar-refractivity contribution in [1.82, 2.24) is 9.97 Å². The summed E-state index contributed by atoms with van der Waals surface area (Å²) >= 11 is 7.88. The summed E-state index contributed by atoms with van der Waals surface area (Å²) in [4.78, 5) is 33.0. The van der Waals surface area contributed by atoms with Crippen molar-refractivity contribution in [3.05, 3.63) is 61.8 Å². The summed E-state index contributed by atoms with van der Waals surface area (Å²) in [5, 5.41) is 0.696. The molecular formula is C17H13ClN2O3S. The summed E-state index contributed by atoms with van der Waals surface area (Å²) in [7, 11) is 1.30. The highest BCUT2D eigenvalue weighted by Gasteiger charge is 2.11. The summed E-state index contributed by atoms with van der Waals surface area (Å²) in [5.74, 6) is -0.238. The number of carbonyl (C=O) groups excluding carboxylic acids is 1. The second-order valence-electron chi connectivity index (χ2n) is 5.08. The van der Waals surface area contributed by atoms with Gasteiger partial charge in [0.25, 0.3) is 5.56 Å². The normalized spacial score (nSPS) is 11.7. The van der Waals surface area contributed by atoms with E-state index >= 15 is 0 Å². The van der Waals surface area contributed by atoms with Gasteiger partial charge in [-0.2, -0.15) is 0 Å². The first-order valence-corrected chi connectivity index (χ1v) is 8.24. The third-order valence-corrected chi connectivity index (χ3v) is 4.62. The van der Waals surface area contributed by atoms with E-state index in [4.69, 9.17) is 11.6 Å². The Morgan fingerprint density at radius 3 is 2.79 bits per heavy atom. The second-order valence-corrected chi connectivity index (χ2v) is 6.81. The number of aryl methyl sites for hydroxylation is 1. The minimum Gasteiger partial charge on any atom is -0.465 e. The topological polar surface area (TPSA) is 72.1 Å². The van der Waals surface area contributed by atoms with Crippen molar-refractivity contribution in [2.75, 3.05) is 7.11 Å². The molecule has 0 aliphatic rings. The molecule has 2 heterocycles. The molecular weight excluding hydrogens is 348 g/mol. The Bertz CT molecular complexity index is 1020. The molecule has 1 N–H and O–H groups in total. The van der Waals surface area contributed by atoms with Crippen LogP contribution in [0.5, 0.6) is 0 Å². The number of benzene rings is 1. The van der Waals surface area contributed by atoms with E-state index in [0.29, 0.717) is 21.5 Å². The van der Waals surface area contributed by atoms with Crippen molar-refractivity contribution >= 4 is 50.9 Å². The minimum absolute atomic E-state index is 0.252. The number of methoxy groups -OCH3 is 1. The number of carbonyl (C=O) groups is 1. The molecule has 2 aromatic heterocycles. The number of hydrogen-bond donors (Lipinski definition) is 1. The van der Waals surface area contributed by atoms with E-state index in [-0.39, 0.29) is 11.4 Å². The third kappa shape index (κ3) is 3.25. The molecule has 0 bridgehead atoms. The number of hydrogen-bond acceptors (Lipinski definition) is 5. The number of aromatic amines is 1. The zero-order valence-electron chi connectivity index (χ0n) is 12.9. The van der Waals surface area contributed by atoms with Gasteiger partial charge < -0.3 is 9.72 Å². The van der Waals surface area contributed by atoms with Crippen LogP contribution >= 0.6 is 22.9 Å². The number of halogens is 1. The number of thiophene rings is 1. The molecule has 0 amide bonds. The average Bonchev–Trinajstić information content (AvgIpc) is 2.98. The van der Waals surface area contributed by atoms with E-state index < -0.39 is 5.97 Å². The van der Waals surface area contributed by atoms with Crippen LogP contribution in [0.1, 0.15) is 25.9 Å². The van der Waals surface area contributed by atoms with Gasteiger partial charge in [-0.15, -0.1) is 11.3 Å². The first-order valence-electron chi connectivity index (χ1n) is 7.04. The number of fused-ring (bicyclic) bond motifs is 1. The van der Waals surface area contributed by atoms with Gasteiger partial charge in [0, 0.05) is 9.75 Å². The van der Waals surface area contributed by atoms with Crippen LogP contribution in [-0.2, 0) is 4.74 Å². The summed E-state index contributed by atoms with van der Waals surface area (Å²) in [6.45, 7) is 2.00. The summed E-state index contributed by atoms with van der Waals surface area (Å²) < 4.78 is 4.69. The maximum Gasteiger partial charge on any atom is 0.337 e. The van der Waals surface area contributed by atoms with Crippen molar-refractivity contribution in [2.45, 2.75) is 6.92 Å². The minimum atomic E-state index is -0.490. The van der Waals surface area contributed by atoms with Crippen LogP contribution in [0.4, 0.5) is 0 Å². The second kappa shape index (κ2) is 6.59. The Morgan fingerprint density at radius 1 is 1.33 bits per heavy atom. The Kier molecular flexibility index (Phi) is 4.51. The summed E-state index contributed by atoms with van der Waals surface area (Å²) in [6.07, 6.45) is 1.74. The van der Waals surface area contributed by atoms with Gasteiger partial charge in [-0.1, -0.05) is 11.6 Å². The number of nitrogens with zero attached hydrogens (tertiary/aromatic N) is 1.